The smallest absolute Gasteiger partial charge is 0.393 e. The maximum absolute atomic E-state index is 12.7. The molecule has 0 saturated carbocycles. The summed E-state index contributed by atoms with van der Waals surface area (Å²) in [7, 11) is 0. The first kappa shape index (κ1) is 20.0. The fraction of sp³-hybridized carbons (Fsp3) is 0.833. The number of carboxylic acid groups (broad SMARTS) is 1. The van der Waals surface area contributed by atoms with Crippen LogP contribution in [0.4, 0.5) is 13.2 Å². The van der Waals surface area contributed by atoms with Crippen LogP contribution in [0.5, 0.6) is 0 Å². The second-order valence-corrected chi connectivity index (χ2v) is 4.99. The first-order valence-electron chi connectivity index (χ1n) is 6.54. The van der Waals surface area contributed by atoms with Crippen molar-refractivity contribution in [3.63, 3.8) is 0 Å². The van der Waals surface area contributed by atoms with Crippen LogP contribution in [0.15, 0.2) is 0 Å². The second-order valence-electron chi connectivity index (χ2n) is 4.99. The van der Waals surface area contributed by atoms with Crippen molar-refractivity contribution in [1.82, 2.24) is 10.2 Å². The number of halogens is 4. The third kappa shape index (κ3) is 6.09. The molecule has 5 nitrogen and oxygen atoms in total. The van der Waals surface area contributed by atoms with E-state index in [4.69, 9.17) is 5.11 Å². The zero-order valence-electron chi connectivity index (χ0n) is 11.7. The topological polar surface area (TPSA) is 69.6 Å². The van der Waals surface area contributed by atoms with Gasteiger partial charge in [-0.15, -0.1) is 12.4 Å². The molecule has 0 aromatic carbocycles. The third-order valence-corrected chi connectivity index (χ3v) is 3.35. The number of likely N-dealkylation sites (tertiary alicyclic amines) is 1. The predicted octanol–water partition coefficient (Wildman–Crippen LogP) is 1.52. The number of hydrogen-bond donors (Lipinski definition) is 2. The summed E-state index contributed by atoms with van der Waals surface area (Å²) >= 11 is 0. The van der Waals surface area contributed by atoms with Gasteiger partial charge in [-0.2, -0.15) is 13.2 Å². The monoisotopic (exact) mass is 332 g/mol. The summed E-state index contributed by atoms with van der Waals surface area (Å²) in [6.07, 6.45) is -2.85. The Bertz CT molecular complexity index is 366. The van der Waals surface area contributed by atoms with E-state index in [1.165, 1.54) is 4.90 Å². The van der Waals surface area contributed by atoms with Crippen LogP contribution in [-0.4, -0.2) is 54.2 Å². The molecular weight excluding hydrogens is 313 g/mol. The molecule has 2 atom stereocenters. The second kappa shape index (κ2) is 8.43. The highest BCUT2D eigenvalue weighted by atomic mass is 35.5. The Balaban J connectivity index is 0.00000400. The minimum absolute atomic E-state index is 0. The van der Waals surface area contributed by atoms with E-state index in [9.17, 15) is 22.8 Å². The number of carboxylic acids is 1. The van der Waals surface area contributed by atoms with Crippen molar-refractivity contribution in [2.75, 3.05) is 26.2 Å². The van der Waals surface area contributed by atoms with Crippen molar-refractivity contribution in [3.8, 4) is 0 Å². The predicted molar refractivity (Wildman–Crippen MR) is 72.3 cm³/mol. The van der Waals surface area contributed by atoms with Crippen molar-refractivity contribution in [2.24, 2.45) is 11.8 Å². The molecule has 1 saturated heterocycles. The lowest BCUT2D eigenvalue weighted by molar-refractivity contribution is -0.188. The standard InChI is InChI=1S/C12H19F3N2O3.ClH/c1-2-3-4-16-10(18)7-17-5-8(11(19)20)9(6-17)12(13,14)15;/h8-9H,2-7H2,1H3,(H,16,18)(H,19,20);1H/t8-,9-;/m1./s1. The molecule has 0 aliphatic carbocycles. The molecule has 0 aromatic heterocycles. The summed E-state index contributed by atoms with van der Waals surface area (Å²) in [5.74, 6) is -5.26. The van der Waals surface area contributed by atoms with Crippen molar-refractivity contribution in [1.29, 1.82) is 0 Å². The van der Waals surface area contributed by atoms with Crippen LogP contribution in [0.25, 0.3) is 0 Å². The highest BCUT2D eigenvalue weighted by Crippen LogP contribution is 2.37. The Morgan fingerprint density at radius 2 is 1.95 bits per heavy atom. The number of unbranched alkanes of at least 4 members (excludes halogenated alkanes) is 1. The highest BCUT2D eigenvalue weighted by Gasteiger charge is 2.52. The van der Waals surface area contributed by atoms with Crippen LogP contribution in [0, 0.1) is 11.8 Å². The largest absolute Gasteiger partial charge is 0.481 e. The number of carbonyl (C=O) groups excluding carboxylic acids is 1. The Kier molecular flexibility index (Phi) is 8.02. The maximum Gasteiger partial charge on any atom is 0.393 e. The minimum Gasteiger partial charge on any atom is -0.481 e. The van der Waals surface area contributed by atoms with E-state index in [1.54, 1.807) is 0 Å². The van der Waals surface area contributed by atoms with Gasteiger partial charge in [-0.25, -0.2) is 0 Å². The van der Waals surface area contributed by atoms with E-state index >= 15 is 0 Å². The number of nitrogens with zero attached hydrogens (tertiary/aromatic N) is 1. The van der Waals surface area contributed by atoms with Crippen LogP contribution in [0.1, 0.15) is 19.8 Å². The molecule has 0 aromatic rings. The Morgan fingerprint density at radius 1 is 1.33 bits per heavy atom. The van der Waals surface area contributed by atoms with Crippen molar-refractivity contribution < 1.29 is 27.9 Å². The van der Waals surface area contributed by atoms with E-state index < -0.39 is 30.5 Å². The SMILES string of the molecule is CCCCNC(=O)CN1C[C@@H](C(F)(F)F)[C@H](C(=O)O)C1.Cl. The van der Waals surface area contributed by atoms with Gasteiger partial charge in [0.2, 0.25) is 5.91 Å². The zero-order valence-corrected chi connectivity index (χ0v) is 12.5. The maximum atomic E-state index is 12.7. The Morgan fingerprint density at radius 3 is 2.38 bits per heavy atom. The molecule has 1 aliphatic heterocycles. The summed E-state index contributed by atoms with van der Waals surface area (Å²) in [6, 6.07) is 0. The summed E-state index contributed by atoms with van der Waals surface area (Å²) in [5.41, 5.74) is 0. The number of carbonyl (C=O) groups is 2. The lowest BCUT2D eigenvalue weighted by Gasteiger charge is -2.18. The summed E-state index contributed by atoms with van der Waals surface area (Å²) in [5, 5.41) is 11.4. The summed E-state index contributed by atoms with van der Waals surface area (Å²) in [4.78, 5) is 23.6. The Labute approximate surface area is 127 Å². The van der Waals surface area contributed by atoms with Gasteiger partial charge in [0, 0.05) is 19.6 Å². The van der Waals surface area contributed by atoms with Crippen molar-refractivity contribution in [2.45, 2.75) is 25.9 Å². The van der Waals surface area contributed by atoms with E-state index in [1.807, 2.05) is 6.92 Å². The molecule has 1 fully saturated rings. The van der Waals surface area contributed by atoms with Gasteiger partial charge in [0.15, 0.2) is 0 Å². The quantitative estimate of drug-likeness (QED) is 0.724. The fourth-order valence-electron chi connectivity index (χ4n) is 2.26. The third-order valence-electron chi connectivity index (χ3n) is 3.35. The Hall–Kier alpha value is -1.02. The van der Waals surface area contributed by atoms with Gasteiger partial charge >= 0.3 is 12.1 Å². The number of rotatable bonds is 6. The molecule has 1 rings (SSSR count). The lowest BCUT2D eigenvalue weighted by Crippen LogP contribution is -2.37. The number of aliphatic carboxylic acids is 1. The van der Waals surface area contributed by atoms with Gasteiger partial charge in [0.1, 0.15) is 0 Å². The van der Waals surface area contributed by atoms with Gasteiger partial charge in [0.05, 0.1) is 18.4 Å². The molecule has 124 valence electrons. The molecule has 1 aliphatic rings. The van der Waals surface area contributed by atoms with Crippen LogP contribution >= 0.6 is 12.4 Å². The molecule has 0 spiro atoms. The summed E-state index contributed by atoms with van der Waals surface area (Å²) < 4.78 is 38.2. The van der Waals surface area contributed by atoms with Crippen molar-refractivity contribution >= 4 is 24.3 Å². The molecule has 0 radical (unpaired) electrons. The van der Waals surface area contributed by atoms with Crippen molar-refractivity contribution in [3.05, 3.63) is 0 Å². The molecule has 1 heterocycles. The van der Waals surface area contributed by atoms with Crippen LogP contribution < -0.4 is 5.32 Å². The molecule has 9 heteroatoms. The molecule has 21 heavy (non-hydrogen) atoms. The van der Waals surface area contributed by atoms with E-state index in [2.05, 4.69) is 5.32 Å². The van der Waals surface area contributed by atoms with Gasteiger partial charge in [-0.3, -0.25) is 14.5 Å². The summed E-state index contributed by atoms with van der Waals surface area (Å²) in [6.45, 7) is 1.55. The number of nitrogens with one attached hydrogen (secondary N) is 1. The van der Waals surface area contributed by atoms with Gasteiger partial charge in [0.25, 0.3) is 0 Å². The number of amides is 1. The van der Waals surface area contributed by atoms with Crippen LogP contribution in [0.2, 0.25) is 0 Å². The average Bonchev–Trinajstić information content (AvgIpc) is 2.73. The number of hydrogen-bond acceptors (Lipinski definition) is 3. The fourth-order valence-corrected chi connectivity index (χ4v) is 2.26. The first-order chi connectivity index (χ1) is 9.25. The van der Waals surface area contributed by atoms with Crippen LogP contribution in [0.3, 0.4) is 0 Å². The zero-order chi connectivity index (χ0) is 15.3. The number of alkyl halides is 3. The van der Waals surface area contributed by atoms with E-state index in [0.717, 1.165) is 12.8 Å². The molecule has 2 N–H and O–H groups in total. The van der Waals surface area contributed by atoms with Crippen LogP contribution in [-0.2, 0) is 9.59 Å². The first-order valence-corrected chi connectivity index (χ1v) is 6.54. The normalized spacial score (nSPS) is 22.7. The lowest BCUT2D eigenvalue weighted by atomic mass is 9.96. The van der Waals surface area contributed by atoms with Gasteiger partial charge in [-0.05, 0) is 6.42 Å². The molecule has 0 unspecified atom stereocenters. The highest BCUT2D eigenvalue weighted by molar-refractivity contribution is 5.85. The molecule has 1 amide bonds. The molecular formula is C12H20ClF3N2O3. The minimum atomic E-state index is -4.56. The van der Waals surface area contributed by atoms with Gasteiger partial charge in [-0.1, -0.05) is 13.3 Å². The van der Waals surface area contributed by atoms with E-state index in [-0.39, 0.29) is 31.4 Å². The molecule has 0 bridgehead atoms. The average molecular weight is 333 g/mol. The van der Waals surface area contributed by atoms with E-state index in [0.29, 0.717) is 6.54 Å². The van der Waals surface area contributed by atoms with Gasteiger partial charge < -0.3 is 10.4 Å².